The Morgan fingerprint density at radius 1 is 1.30 bits per heavy atom. The summed E-state index contributed by atoms with van der Waals surface area (Å²) in [6, 6.07) is 0.236. The number of carbonyl (C=O) groups excluding carboxylic acids is 1. The van der Waals surface area contributed by atoms with Gasteiger partial charge < -0.3 is 11.1 Å². The normalized spacial score (nSPS) is 26.8. The Morgan fingerprint density at radius 2 is 1.90 bits per heavy atom. The monoisotopic (exact) mass is 278 g/mol. The molecule has 0 radical (unpaired) electrons. The van der Waals surface area contributed by atoms with E-state index in [2.05, 4.69) is 29.4 Å². The number of nitrogens with zero attached hydrogens (tertiary/aromatic N) is 1. The van der Waals surface area contributed by atoms with Crippen LogP contribution < -0.4 is 11.1 Å². The van der Waals surface area contributed by atoms with Gasteiger partial charge in [-0.2, -0.15) is 5.10 Å². The number of nitrogen functional groups attached to an aromatic ring is 1. The van der Waals surface area contributed by atoms with Crippen molar-refractivity contribution in [2.75, 3.05) is 5.73 Å². The lowest BCUT2D eigenvalue weighted by molar-refractivity contribution is 0.0907. The zero-order valence-corrected chi connectivity index (χ0v) is 12.9. The van der Waals surface area contributed by atoms with Crippen LogP contribution in [-0.4, -0.2) is 22.1 Å². The number of nitrogens with one attached hydrogen (secondary N) is 2. The van der Waals surface area contributed by atoms with Gasteiger partial charge in [0.05, 0.1) is 11.4 Å². The van der Waals surface area contributed by atoms with E-state index in [9.17, 15) is 4.79 Å². The molecule has 0 spiro atoms. The zero-order chi connectivity index (χ0) is 14.9. The molecule has 0 bridgehead atoms. The lowest BCUT2D eigenvalue weighted by atomic mass is 9.80. The SMILES string of the molecule is CC1CC(C)CC(NC(=O)c2n[nH]c(C(C)C)c2N)C1. The quantitative estimate of drug-likeness (QED) is 0.794. The van der Waals surface area contributed by atoms with Crippen LogP contribution in [0, 0.1) is 11.8 Å². The third-order valence-corrected chi connectivity index (χ3v) is 4.14. The number of aromatic nitrogens is 2. The highest BCUT2D eigenvalue weighted by molar-refractivity contribution is 5.97. The summed E-state index contributed by atoms with van der Waals surface area (Å²) < 4.78 is 0. The van der Waals surface area contributed by atoms with Crippen LogP contribution in [0.4, 0.5) is 5.69 Å². The Hall–Kier alpha value is -1.52. The Balaban J connectivity index is 2.05. The maximum atomic E-state index is 12.3. The van der Waals surface area contributed by atoms with Gasteiger partial charge in [0, 0.05) is 6.04 Å². The Kier molecular flexibility index (Phi) is 4.35. The van der Waals surface area contributed by atoms with E-state index in [1.54, 1.807) is 0 Å². The van der Waals surface area contributed by atoms with Crippen molar-refractivity contribution in [3.05, 3.63) is 11.4 Å². The van der Waals surface area contributed by atoms with Crippen molar-refractivity contribution in [2.24, 2.45) is 11.8 Å². The van der Waals surface area contributed by atoms with E-state index in [1.165, 1.54) is 6.42 Å². The minimum Gasteiger partial charge on any atom is -0.395 e. The van der Waals surface area contributed by atoms with E-state index in [0.717, 1.165) is 18.5 Å². The fraction of sp³-hybridized carbons (Fsp3) is 0.733. The Morgan fingerprint density at radius 3 is 2.40 bits per heavy atom. The first kappa shape index (κ1) is 14.9. The van der Waals surface area contributed by atoms with Crippen molar-refractivity contribution in [1.82, 2.24) is 15.5 Å². The van der Waals surface area contributed by atoms with E-state index in [-0.39, 0.29) is 17.9 Å². The van der Waals surface area contributed by atoms with Crippen LogP contribution in [0.1, 0.15) is 69.1 Å². The second-order valence-corrected chi connectivity index (χ2v) is 6.64. The summed E-state index contributed by atoms with van der Waals surface area (Å²) in [5.74, 6) is 1.40. The van der Waals surface area contributed by atoms with Crippen LogP contribution in [0.25, 0.3) is 0 Å². The van der Waals surface area contributed by atoms with Crippen molar-refractivity contribution in [2.45, 2.75) is 58.9 Å². The molecule has 1 amide bonds. The summed E-state index contributed by atoms with van der Waals surface area (Å²) in [6.07, 6.45) is 3.32. The molecule has 2 unspecified atom stereocenters. The van der Waals surface area contributed by atoms with Crippen LogP contribution in [-0.2, 0) is 0 Å². The molecule has 1 aliphatic rings. The van der Waals surface area contributed by atoms with Gasteiger partial charge in [0.1, 0.15) is 0 Å². The van der Waals surface area contributed by atoms with E-state index in [1.807, 2.05) is 13.8 Å². The standard InChI is InChI=1S/C15H26N4O/c1-8(2)13-12(16)14(19-18-13)15(20)17-11-6-9(3)5-10(4)7-11/h8-11H,5-7,16H2,1-4H3,(H,17,20)(H,18,19). The third-order valence-electron chi connectivity index (χ3n) is 4.14. The minimum absolute atomic E-state index is 0.156. The zero-order valence-electron chi connectivity index (χ0n) is 12.9. The topological polar surface area (TPSA) is 83.8 Å². The van der Waals surface area contributed by atoms with Gasteiger partial charge in [0.25, 0.3) is 5.91 Å². The third kappa shape index (κ3) is 3.14. The highest BCUT2D eigenvalue weighted by Crippen LogP contribution is 2.29. The van der Waals surface area contributed by atoms with Crippen LogP contribution in [0.5, 0.6) is 0 Å². The molecule has 0 saturated heterocycles. The molecule has 1 aromatic rings. The van der Waals surface area contributed by atoms with Crippen molar-refractivity contribution in [3.8, 4) is 0 Å². The summed E-state index contributed by atoms with van der Waals surface area (Å²) in [6.45, 7) is 8.54. The van der Waals surface area contributed by atoms with Gasteiger partial charge in [-0.25, -0.2) is 0 Å². The molecule has 0 aliphatic heterocycles. The van der Waals surface area contributed by atoms with Crippen LogP contribution >= 0.6 is 0 Å². The molecule has 20 heavy (non-hydrogen) atoms. The maximum absolute atomic E-state index is 12.3. The molecule has 4 N–H and O–H groups in total. The highest BCUT2D eigenvalue weighted by atomic mass is 16.2. The number of carbonyl (C=O) groups is 1. The molecule has 1 heterocycles. The number of nitrogens with two attached hydrogens (primary N) is 1. The minimum atomic E-state index is -0.156. The highest BCUT2D eigenvalue weighted by Gasteiger charge is 2.27. The van der Waals surface area contributed by atoms with Gasteiger partial charge in [-0.05, 0) is 37.0 Å². The van der Waals surface area contributed by atoms with Gasteiger partial charge in [-0.1, -0.05) is 27.7 Å². The lowest BCUT2D eigenvalue weighted by Gasteiger charge is -2.31. The molecule has 2 atom stereocenters. The fourth-order valence-corrected chi connectivity index (χ4v) is 3.30. The summed E-state index contributed by atoms with van der Waals surface area (Å²) >= 11 is 0. The molecule has 112 valence electrons. The number of aromatic amines is 1. The molecular formula is C15H26N4O. The summed E-state index contributed by atoms with van der Waals surface area (Å²) in [5, 5.41) is 10.0. The van der Waals surface area contributed by atoms with Crippen LogP contribution in [0.3, 0.4) is 0 Å². The van der Waals surface area contributed by atoms with E-state index < -0.39 is 0 Å². The van der Waals surface area contributed by atoms with Gasteiger partial charge in [-0.15, -0.1) is 0 Å². The molecule has 1 fully saturated rings. The first-order chi connectivity index (χ1) is 9.38. The summed E-state index contributed by atoms with van der Waals surface area (Å²) in [4.78, 5) is 12.3. The van der Waals surface area contributed by atoms with Crippen molar-refractivity contribution in [1.29, 1.82) is 0 Å². The second kappa shape index (κ2) is 5.85. The van der Waals surface area contributed by atoms with Crippen molar-refractivity contribution >= 4 is 11.6 Å². The van der Waals surface area contributed by atoms with Crippen LogP contribution in [0.15, 0.2) is 0 Å². The largest absolute Gasteiger partial charge is 0.395 e. The van der Waals surface area contributed by atoms with E-state index in [0.29, 0.717) is 23.2 Å². The first-order valence-electron chi connectivity index (χ1n) is 7.53. The van der Waals surface area contributed by atoms with Gasteiger partial charge in [0.2, 0.25) is 0 Å². The first-order valence-corrected chi connectivity index (χ1v) is 7.53. The number of rotatable bonds is 3. The molecular weight excluding hydrogens is 252 g/mol. The van der Waals surface area contributed by atoms with Crippen molar-refractivity contribution in [3.63, 3.8) is 0 Å². The predicted octanol–water partition coefficient (Wildman–Crippen LogP) is 2.67. The lowest BCUT2D eigenvalue weighted by Crippen LogP contribution is -2.40. The molecule has 5 nitrogen and oxygen atoms in total. The second-order valence-electron chi connectivity index (χ2n) is 6.64. The molecule has 1 saturated carbocycles. The average Bonchev–Trinajstić information content (AvgIpc) is 2.69. The predicted molar refractivity (Wildman–Crippen MR) is 80.5 cm³/mol. The average molecular weight is 278 g/mol. The van der Waals surface area contributed by atoms with Gasteiger partial charge in [0.15, 0.2) is 5.69 Å². The van der Waals surface area contributed by atoms with Gasteiger partial charge >= 0.3 is 0 Å². The molecule has 2 rings (SSSR count). The smallest absolute Gasteiger partial charge is 0.274 e. The number of hydrogen-bond acceptors (Lipinski definition) is 3. The summed E-state index contributed by atoms with van der Waals surface area (Å²) in [7, 11) is 0. The fourth-order valence-electron chi connectivity index (χ4n) is 3.30. The number of amides is 1. The van der Waals surface area contributed by atoms with E-state index in [4.69, 9.17) is 5.73 Å². The van der Waals surface area contributed by atoms with E-state index >= 15 is 0 Å². The molecule has 0 aromatic carbocycles. The van der Waals surface area contributed by atoms with Crippen LogP contribution in [0.2, 0.25) is 0 Å². The Labute approximate surface area is 120 Å². The number of hydrogen-bond donors (Lipinski definition) is 3. The molecule has 5 heteroatoms. The summed E-state index contributed by atoms with van der Waals surface area (Å²) in [5.41, 5.74) is 7.66. The molecule has 1 aromatic heterocycles. The number of anilines is 1. The van der Waals surface area contributed by atoms with Gasteiger partial charge in [-0.3, -0.25) is 9.89 Å². The van der Waals surface area contributed by atoms with Crippen molar-refractivity contribution < 1.29 is 4.79 Å². The Bertz CT molecular complexity index is 470. The maximum Gasteiger partial charge on any atom is 0.274 e. The number of H-pyrrole nitrogens is 1. The molecule has 1 aliphatic carbocycles.